The lowest BCUT2D eigenvalue weighted by molar-refractivity contribution is 0.102. The largest absolute Gasteiger partial charge is 0.497 e. The maximum absolute atomic E-state index is 13.6. The smallest absolute Gasteiger partial charge is 0.274 e. The third kappa shape index (κ3) is 4.32. The minimum Gasteiger partial charge on any atom is -0.497 e. The van der Waals surface area contributed by atoms with E-state index >= 15 is 0 Å². The van der Waals surface area contributed by atoms with Crippen LogP contribution in [0.25, 0.3) is 0 Å². The van der Waals surface area contributed by atoms with E-state index in [1.165, 1.54) is 18.3 Å². The molecule has 1 amide bonds. The van der Waals surface area contributed by atoms with E-state index in [1.54, 1.807) is 49.6 Å². The number of carbonyl (C=O) groups is 1. The first kappa shape index (κ1) is 17.3. The molecule has 26 heavy (non-hydrogen) atoms. The van der Waals surface area contributed by atoms with Crippen LogP contribution in [0.2, 0.25) is 0 Å². The Morgan fingerprint density at radius 1 is 1.12 bits per heavy atom. The summed E-state index contributed by atoms with van der Waals surface area (Å²) in [4.78, 5) is 20.5. The van der Waals surface area contributed by atoms with Crippen LogP contribution in [0.4, 0.5) is 16.0 Å². The van der Waals surface area contributed by atoms with E-state index in [1.807, 2.05) is 0 Å². The Bertz CT molecular complexity index is 900. The molecule has 0 atom stereocenters. The standard InChI is InChI=1S/C19H17FN4O2/c1-26-15-8-6-14(7-9-15)23-18(25)17-10-11-21-19(24-17)22-12-13-4-2-3-5-16(13)20/h2-11H,12H2,1H3,(H,23,25)(H,21,22,24). The summed E-state index contributed by atoms with van der Waals surface area (Å²) in [5, 5.41) is 5.66. The lowest BCUT2D eigenvalue weighted by Crippen LogP contribution is -2.15. The van der Waals surface area contributed by atoms with Gasteiger partial charge in [-0.2, -0.15) is 0 Å². The molecule has 0 spiro atoms. The average molecular weight is 352 g/mol. The Balaban J connectivity index is 1.66. The fraction of sp³-hybridized carbons (Fsp3) is 0.105. The van der Waals surface area contributed by atoms with Gasteiger partial charge in [0.25, 0.3) is 5.91 Å². The zero-order valence-corrected chi connectivity index (χ0v) is 14.1. The van der Waals surface area contributed by atoms with Crippen molar-refractivity contribution in [2.75, 3.05) is 17.7 Å². The third-order valence-corrected chi connectivity index (χ3v) is 3.63. The summed E-state index contributed by atoms with van der Waals surface area (Å²) in [5.74, 6) is 0.264. The van der Waals surface area contributed by atoms with Crippen molar-refractivity contribution in [3.63, 3.8) is 0 Å². The van der Waals surface area contributed by atoms with Gasteiger partial charge < -0.3 is 15.4 Å². The molecular formula is C19H17FN4O2. The number of nitrogens with zero attached hydrogens (tertiary/aromatic N) is 2. The summed E-state index contributed by atoms with van der Waals surface area (Å²) < 4.78 is 18.7. The van der Waals surface area contributed by atoms with Crippen LogP contribution < -0.4 is 15.4 Å². The van der Waals surface area contributed by atoms with Crippen molar-refractivity contribution in [1.82, 2.24) is 9.97 Å². The van der Waals surface area contributed by atoms with E-state index in [0.717, 1.165) is 0 Å². The normalized spacial score (nSPS) is 10.2. The summed E-state index contributed by atoms with van der Waals surface area (Å²) in [6.07, 6.45) is 1.47. The molecule has 2 aromatic carbocycles. The number of halogens is 1. The molecule has 0 bridgehead atoms. The van der Waals surface area contributed by atoms with E-state index in [0.29, 0.717) is 17.0 Å². The van der Waals surface area contributed by atoms with Crippen molar-refractivity contribution >= 4 is 17.5 Å². The molecule has 0 fully saturated rings. The van der Waals surface area contributed by atoms with Crippen molar-refractivity contribution in [2.45, 2.75) is 6.54 Å². The van der Waals surface area contributed by atoms with Crippen molar-refractivity contribution in [2.24, 2.45) is 0 Å². The van der Waals surface area contributed by atoms with Gasteiger partial charge in [0, 0.05) is 24.0 Å². The molecule has 0 radical (unpaired) electrons. The van der Waals surface area contributed by atoms with Crippen molar-refractivity contribution in [3.8, 4) is 5.75 Å². The quantitative estimate of drug-likeness (QED) is 0.710. The Morgan fingerprint density at radius 3 is 2.62 bits per heavy atom. The van der Waals surface area contributed by atoms with Crippen molar-refractivity contribution in [3.05, 3.63) is 77.9 Å². The number of nitrogens with one attached hydrogen (secondary N) is 2. The molecule has 1 heterocycles. The molecule has 6 nitrogen and oxygen atoms in total. The molecule has 0 aliphatic heterocycles. The topological polar surface area (TPSA) is 76.1 Å². The lowest BCUT2D eigenvalue weighted by Gasteiger charge is -2.08. The zero-order valence-electron chi connectivity index (χ0n) is 14.1. The highest BCUT2D eigenvalue weighted by Crippen LogP contribution is 2.16. The number of anilines is 2. The maximum Gasteiger partial charge on any atom is 0.274 e. The maximum atomic E-state index is 13.6. The number of ether oxygens (including phenoxy) is 1. The molecule has 0 saturated carbocycles. The van der Waals surface area contributed by atoms with E-state index in [4.69, 9.17) is 4.74 Å². The number of hydrogen-bond acceptors (Lipinski definition) is 5. The minimum absolute atomic E-state index is 0.201. The summed E-state index contributed by atoms with van der Waals surface area (Å²) in [7, 11) is 1.57. The summed E-state index contributed by atoms with van der Waals surface area (Å²) in [5.41, 5.74) is 1.31. The van der Waals surface area contributed by atoms with Gasteiger partial charge >= 0.3 is 0 Å². The summed E-state index contributed by atoms with van der Waals surface area (Å²) in [6.45, 7) is 0.218. The Morgan fingerprint density at radius 2 is 1.88 bits per heavy atom. The van der Waals surface area contributed by atoms with Gasteiger partial charge in [-0.1, -0.05) is 18.2 Å². The number of benzene rings is 2. The Hall–Kier alpha value is -3.48. The first-order chi connectivity index (χ1) is 12.7. The van der Waals surface area contributed by atoms with Crippen LogP contribution in [-0.4, -0.2) is 23.0 Å². The number of carbonyl (C=O) groups excluding carboxylic acids is 1. The van der Waals surface area contributed by atoms with Gasteiger partial charge in [0.05, 0.1) is 7.11 Å². The molecular weight excluding hydrogens is 335 g/mol. The second-order valence-electron chi connectivity index (χ2n) is 5.39. The van der Waals surface area contributed by atoms with E-state index < -0.39 is 0 Å². The average Bonchev–Trinajstić information content (AvgIpc) is 2.68. The Labute approximate surface area is 150 Å². The fourth-order valence-corrected chi connectivity index (χ4v) is 2.26. The van der Waals surface area contributed by atoms with Crippen LogP contribution in [-0.2, 0) is 6.54 Å². The lowest BCUT2D eigenvalue weighted by atomic mass is 10.2. The van der Waals surface area contributed by atoms with Crippen molar-refractivity contribution < 1.29 is 13.9 Å². The van der Waals surface area contributed by atoms with E-state index in [9.17, 15) is 9.18 Å². The highest BCUT2D eigenvalue weighted by Gasteiger charge is 2.10. The summed E-state index contributed by atoms with van der Waals surface area (Å²) >= 11 is 0. The highest BCUT2D eigenvalue weighted by atomic mass is 19.1. The highest BCUT2D eigenvalue weighted by molar-refractivity contribution is 6.02. The van der Waals surface area contributed by atoms with Gasteiger partial charge in [-0.05, 0) is 36.4 Å². The van der Waals surface area contributed by atoms with Gasteiger partial charge in [-0.25, -0.2) is 14.4 Å². The second-order valence-corrected chi connectivity index (χ2v) is 5.39. The molecule has 0 saturated heterocycles. The molecule has 0 aliphatic carbocycles. The van der Waals surface area contributed by atoms with Crippen LogP contribution in [0.5, 0.6) is 5.75 Å². The molecule has 3 rings (SSSR count). The Kier molecular flexibility index (Phi) is 5.38. The van der Waals surface area contributed by atoms with Crippen LogP contribution in [0.1, 0.15) is 16.1 Å². The van der Waals surface area contributed by atoms with Gasteiger partial charge in [0.1, 0.15) is 17.3 Å². The molecule has 132 valence electrons. The van der Waals surface area contributed by atoms with Crippen LogP contribution in [0, 0.1) is 5.82 Å². The van der Waals surface area contributed by atoms with Crippen LogP contribution in [0.3, 0.4) is 0 Å². The third-order valence-electron chi connectivity index (χ3n) is 3.63. The predicted molar refractivity (Wildman–Crippen MR) is 96.7 cm³/mol. The minimum atomic E-state index is -0.369. The molecule has 3 aromatic rings. The number of aromatic nitrogens is 2. The molecule has 0 unspecified atom stereocenters. The monoisotopic (exact) mass is 352 g/mol. The first-order valence-electron chi connectivity index (χ1n) is 7.91. The number of methoxy groups -OCH3 is 1. The summed E-state index contributed by atoms with van der Waals surface area (Å²) in [6, 6.07) is 14.9. The van der Waals surface area contributed by atoms with Crippen LogP contribution >= 0.6 is 0 Å². The van der Waals surface area contributed by atoms with Gasteiger partial charge in [-0.15, -0.1) is 0 Å². The molecule has 2 N–H and O–H groups in total. The van der Waals surface area contributed by atoms with Gasteiger partial charge in [0.2, 0.25) is 5.95 Å². The zero-order chi connectivity index (χ0) is 18.4. The van der Waals surface area contributed by atoms with E-state index in [2.05, 4.69) is 20.6 Å². The van der Waals surface area contributed by atoms with Crippen molar-refractivity contribution in [1.29, 1.82) is 0 Å². The van der Waals surface area contributed by atoms with Gasteiger partial charge in [0.15, 0.2) is 0 Å². The fourth-order valence-electron chi connectivity index (χ4n) is 2.26. The van der Waals surface area contributed by atoms with Gasteiger partial charge in [-0.3, -0.25) is 4.79 Å². The SMILES string of the molecule is COc1ccc(NC(=O)c2ccnc(NCc3ccccc3F)n2)cc1. The first-order valence-corrected chi connectivity index (χ1v) is 7.91. The number of amides is 1. The molecule has 0 aliphatic rings. The molecule has 1 aromatic heterocycles. The van der Waals surface area contributed by atoms with Crippen LogP contribution in [0.15, 0.2) is 60.8 Å². The second kappa shape index (κ2) is 8.06. The van der Waals surface area contributed by atoms with E-state index in [-0.39, 0.29) is 29.9 Å². The number of rotatable bonds is 6. The predicted octanol–water partition coefficient (Wildman–Crippen LogP) is 3.49. The molecule has 7 heteroatoms. The number of hydrogen-bond donors (Lipinski definition) is 2.